The lowest BCUT2D eigenvalue weighted by atomic mass is 9.86. The van der Waals surface area contributed by atoms with E-state index in [9.17, 15) is 18.0 Å². The van der Waals surface area contributed by atoms with Crippen molar-refractivity contribution in [1.82, 2.24) is 9.97 Å². The number of anilines is 1. The molecule has 7 nitrogen and oxygen atoms in total. The summed E-state index contributed by atoms with van der Waals surface area (Å²) in [6.07, 6.45) is 2.56. The van der Waals surface area contributed by atoms with Crippen molar-refractivity contribution in [2.24, 2.45) is 10.7 Å². The molecule has 30 heavy (non-hydrogen) atoms. The van der Waals surface area contributed by atoms with Crippen LogP contribution in [0, 0.1) is 12.3 Å². The third-order valence-electron chi connectivity index (χ3n) is 4.25. The lowest BCUT2D eigenvalue weighted by molar-refractivity contribution is -0.189. The maximum absolute atomic E-state index is 13.9. The van der Waals surface area contributed by atoms with Gasteiger partial charge in [0, 0.05) is 11.4 Å². The van der Waals surface area contributed by atoms with Gasteiger partial charge in [0.25, 0.3) is 5.91 Å². The summed E-state index contributed by atoms with van der Waals surface area (Å²) in [5, 5.41) is 2.38. The molecule has 0 saturated heterocycles. The number of aliphatic imine (C=N–C) groups is 1. The fourth-order valence-electron chi connectivity index (χ4n) is 2.83. The van der Waals surface area contributed by atoms with Crippen LogP contribution in [0.4, 0.5) is 18.9 Å². The smallest absolute Gasteiger partial charge is 0.417 e. The molecule has 156 valence electrons. The maximum atomic E-state index is 13.9. The number of nitrogens with one attached hydrogen (secondary N) is 1. The monoisotopic (exact) mass is 435 g/mol. The lowest BCUT2D eigenvalue weighted by Gasteiger charge is -2.35. The number of amides is 1. The zero-order chi connectivity index (χ0) is 21.8. The van der Waals surface area contributed by atoms with Crippen molar-refractivity contribution in [2.45, 2.75) is 18.1 Å². The second kappa shape index (κ2) is 8.62. The third-order valence-corrected chi connectivity index (χ3v) is 5.04. The summed E-state index contributed by atoms with van der Waals surface area (Å²) in [7, 11) is 0. The molecule has 1 amide bonds. The van der Waals surface area contributed by atoms with E-state index in [0.717, 1.165) is 11.8 Å². The fourth-order valence-corrected chi connectivity index (χ4v) is 3.66. The second-order valence-electron chi connectivity index (χ2n) is 6.17. The Labute approximate surface area is 174 Å². The highest BCUT2D eigenvalue weighted by Gasteiger charge is 2.57. The van der Waals surface area contributed by atoms with E-state index in [2.05, 4.69) is 26.2 Å². The molecule has 3 rings (SSSR count). The van der Waals surface area contributed by atoms with Crippen LogP contribution >= 0.6 is 11.8 Å². The van der Waals surface area contributed by atoms with Crippen molar-refractivity contribution in [3.63, 3.8) is 0 Å². The van der Waals surface area contributed by atoms with Crippen LogP contribution in [0.25, 0.3) is 0 Å². The summed E-state index contributed by atoms with van der Waals surface area (Å²) in [5.74, 6) is 1.94. The summed E-state index contributed by atoms with van der Waals surface area (Å²) in [4.78, 5) is 23.9. The summed E-state index contributed by atoms with van der Waals surface area (Å²) in [5.41, 5.74) is 3.13. The molecule has 2 heterocycles. The predicted molar refractivity (Wildman–Crippen MR) is 107 cm³/mol. The number of alkyl halides is 3. The van der Waals surface area contributed by atoms with Crippen LogP contribution in [0.1, 0.15) is 22.5 Å². The molecule has 0 fully saturated rings. The fraction of sp³-hybridized carbons (Fsp3) is 0.263. The highest BCUT2D eigenvalue weighted by Crippen LogP contribution is 2.48. The van der Waals surface area contributed by atoms with Gasteiger partial charge < -0.3 is 15.8 Å². The lowest BCUT2D eigenvalue weighted by Crippen LogP contribution is -2.44. The molecule has 2 aromatic rings. The number of nitrogens with two attached hydrogens (primary N) is 1. The predicted octanol–water partition coefficient (Wildman–Crippen LogP) is 2.95. The molecule has 0 radical (unpaired) electrons. The first-order valence-corrected chi connectivity index (χ1v) is 9.59. The number of terminal acetylenes is 1. The van der Waals surface area contributed by atoms with Gasteiger partial charge >= 0.3 is 6.18 Å². The minimum Gasteiger partial charge on any atom is -0.463 e. The van der Waals surface area contributed by atoms with Gasteiger partial charge in [0.15, 0.2) is 17.3 Å². The highest BCUT2D eigenvalue weighted by atomic mass is 32.2. The number of ether oxygens (including phenoxy) is 1. The standard InChI is InChI=1S/C19H16F3N5O2S/c1-2-7-29-15-11-24-14(10-25-15)16(28)26-13-5-3-4-12(9-13)18(19(20,21)22)6-8-30-17(23)27-18/h1,3-5,9-11H,6-8H2,(H2,23,27)(H,26,28). The molecule has 0 aliphatic carbocycles. The number of amidine groups is 1. The topological polar surface area (TPSA) is 102 Å². The molecule has 0 bridgehead atoms. The number of carbonyl (C=O) groups is 1. The summed E-state index contributed by atoms with van der Waals surface area (Å²) in [6.45, 7) is -0.000522. The van der Waals surface area contributed by atoms with Crippen LogP contribution in [-0.4, -0.2) is 39.6 Å². The van der Waals surface area contributed by atoms with Crippen LogP contribution < -0.4 is 15.8 Å². The van der Waals surface area contributed by atoms with E-state index in [1.807, 2.05) is 0 Å². The van der Waals surface area contributed by atoms with Gasteiger partial charge in [-0.2, -0.15) is 13.2 Å². The molecule has 0 saturated carbocycles. The Morgan fingerprint density at radius 1 is 1.37 bits per heavy atom. The molecule has 11 heteroatoms. The van der Waals surface area contributed by atoms with Gasteiger partial charge in [-0.25, -0.2) is 15.0 Å². The Bertz CT molecular complexity index is 1000. The second-order valence-corrected chi connectivity index (χ2v) is 7.29. The van der Waals surface area contributed by atoms with Gasteiger partial charge in [0.1, 0.15) is 5.69 Å². The van der Waals surface area contributed by atoms with E-state index in [1.54, 1.807) is 0 Å². The van der Waals surface area contributed by atoms with Gasteiger partial charge in [-0.05, 0) is 24.1 Å². The Morgan fingerprint density at radius 3 is 2.80 bits per heavy atom. The molecule has 1 aromatic heterocycles. The zero-order valence-corrected chi connectivity index (χ0v) is 16.3. The van der Waals surface area contributed by atoms with Crippen molar-refractivity contribution in [3.05, 3.63) is 47.9 Å². The molecule has 0 spiro atoms. The van der Waals surface area contributed by atoms with Gasteiger partial charge in [-0.1, -0.05) is 29.8 Å². The minimum atomic E-state index is -4.65. The van der Waals surface area contributed by atoms with E-state index in [1.165, 1.54) is 36.7 Å². The summed E-state index contributed by atoms with van der Waals surface area (Å²) in [6, 6.07) is 5.42. The summed E-state index contributed by atoms with van der Waals surface area (Å²) >= 11 is 1.07. The van der Waals surface area contributed by atoms with Crippen LogP contribution in [0.2, 0.25) is 0 Å². The number of aromatic nitrogens is 2. The van der Waals surface area contributed by atoms with E-state index in [0.29, 0.717) is 0 Å². The van der Waals surface area contributed by atoms with Crippen molar-refractivity contribution in [1.29, 1.82) is 0 Å². The van der Waals surface area contributed by atoms with Crippen molar-refractivity contribution in [3.8, 4) is 18.2 Å². The van der Waals surface area contributed by atoms with Crippen LogP contribution in [0.15, 0.2) is 41.7 Å². The minimum absolute atomic E-state index is 0.000522. The van der Waals surface area contributed by atoms with Crippen molar-refractivity contribution in [2.75, 3.05) is 17.7 Å². The Morgan fingerprint density at radius 2 is 2.17 bits per heavy atom. The average molecular weight is 435 g/mol. The zero-order valence-electron chi connectivity index (χ0n) is 15.4. The first-order chi connectivity index (χ1) is 14.2. The Hall–Kier alpha value is -3.26. The summed E-state index contributed by atoms with van der Waals surface area (Å²) < 4.78 is 46.9. The van der Waals surface area contributed by atoms with E-state index in [4.69, 9.17) is 16.9 Å². The van der Waals surface area contributed by atoms with Crippen molar-refractivity contribution >= 4 is 28.5 Å². The van der Waals surface area contributed by atoms with E-state index < -0.39 is 17.6 Å². The third kappa shape index (κ3) is 4.49. The van der Waals surface area contributed by atoms with Crippen LogP contribution in [0.3, 0.4) is 0 Å². The maximum Gasteiger partial charge on any atom is 0.417 e. The molecule has 3 N–H and O–H groups in total. The van der Waals surface area contributed by atoms with E-state index in [-0.39, 0.29) is 46.8 Å². The number of halogens is 3. The van der Waals surface area contributed by atoms with Gasteiger partial charge in [0.05, 0.1) is 12.4 Å². The number of nitrogens with zero attached hydrogens (tertiary/aromatic N) is 3. The van der Waals surface area contributed by atoms with Gasteiger partial charge in [-0.15, -0.1) is 6.42 Å². The van der Waals surface area contributed by atoms with E-state index >= 15 is 0 Å². The van der Waals surface area contributed by atoms with Gasteiger partial charge in [-0.3, -0.25) is 4.79 Å². The van der Waals surface area contributed by atoms with Gasteiger partial charge in [0.2, 0.25) is 5.88 Å². The molecule has 1 atom stereocenters. The number of carbonyl (C=O) groups excluding carboxylic acids is 1. The molecular formula is C19H16F3N5O2S. The normalized spacial score (nSPS) is 18.8. The first-order valence-electron chi connectivity index (χ1n) is 8.60. The largest absolute Gasteiger partial charge is 0.463 e. The Kier molecular flexibility index (Phi) is 6.17. The SMILES string of the molecule is C#CCOc1cnc(C(=O)Nc2cccc(C3(C(F)(F)F)CCSC(N)=N3)c2)cn1. The molecular weight excluding hydrogens is 419 g/mol. The molecule has 1 aromatic carbocycles. The molecule has 1 unspecified atom stereocenters. The quantitative estimate of drug-likeness (QED) is 0.700. The number of thioether (sulfide) groups is 1. The number of rotatable bonds is 5. The first kappa shape index (κ1) is 21.4. The number of hydrogen-bond acceptors (Lipinski definition) is 7. The van der Waals surface area contributed by atoms with Crippen LogP contribution in [-0.2, 0) is 5.54 Å². The molecule has 1 aliphatic rings. The number of benzene rings is 1. The Balaban J connectivity index is 1.84. The average Bonchev–Trinajstić information content (AvgIpc) is 2.72. The molecule has 1 aliphatic heterocycles. The number of hydrogen-bond donors (Lipinski definition) is 2. The highest BCUT2D eigenvalue weighted by molar-refractivity contribution is 8.13. The van der Waals surface area contributed by atoms with Crippen LogP contribution in [0.5, 0.6) is 5.88 Å². The van der Waals surface area contributed by atoms with Crippen molar-refractivity contribution < 1.29 is 22.7 Å².